The van der Waals surface area contributed by atoms with Gasteiger partial charge >= 0.3 is 0 Å². The molecule has 1 aromatic carbocycles. The fourth-order valence-electron chi connectivity index (χ4n) is 3.92. The average molecular weight is 305 g/mol. The van der Waals surface area contributed by atoms with Crippen LogP contribution in [-0.2, 0) is 0 Å². The monoisotopic (exact) mass is 305 g/mol. The summed E-state index contributed by atoms with van der Waals surface area (Å²) >= 11 is 0. The number of hydrogen-bond acceptors (Lipinski definition) is 1. The van der Waals surface area contributed by atoms with Crippen molar-refractivity contribution in [3.05, 3.63) is 59.4 Å². The lowest BCUT2D eigenvalue weighted by Crippen LogP contribution is -2.04. The molecule has 23 heavy (non-hydrogen) atoms. The molecule has 0 aliphatic heterocycles. The first-order valence-electron chi connectivity index (χ1n) is 9.09. The van der Waals surface area contributed by atoms with Gasteiger partial charge in [-0.05, 0) is 61.8 Å². The molecule has 1 heteroatoms. The van der Waals surface area contributed by atoms with Crippen LogP contribution in [0.3, 0.4) is 0 Å². The van der Waals surface area contributed by atoms with Gasteiger partial charge < -0.3 is 0 Å². The van der Waals surface area contributed by atoms with Crippen molar-refractivity contribution in [2.45, 2.75) is 58.8 Å². The number of aromatic nitrogens is 1. The molecule has 1 atom stereocenters. The fourth-order valence-corrected chi connectivity index (χ4v) is 3.92. The van der Waals surface area contributed by atoms with Gasteiger partial charge in [-0.1, -0.05) is 50.3 Å². The van der Waals surface area contributed by atoms with Gasteiger partial charge in [0.25, 0.3) is 0 Å². The second-order valence-corrected chi connectivity index (χ2v) is 6.33. The number of rotatable bonds is 1. The highest BCUT2D eigenvalue weighted by atomic mass is 14.7. The van der Waals surface area contributed by atoms with Crippen molar-refractivity contribution in [2.75, 3.05) is 0 Å². The van der Waals surface area contributed by atoms with Crippen molar-refractivity contribution in [1.82, 2.24) is 4.98 Å². The smallest absolute Gasteiger partial charge is 0.0518 e. The van der Waals surface area contributed by atoms with Gasteiger partial charge in [0.15, 0.2) is 0 Å². The van der Waals surface area contributed by atoms with Crippen LogP contribution < -0.4 is 0 Å². The number of hydrogen-bond donors (Lipinski definition) is 0. The van der Waals surface area contributed by atoms with Crippen molar-refractivity contribution in [3.63, 3.8) is 0 Å². The molecule has 2 aliphatic rings. The summed E-state index contributed by atoms with van der Waals surface area (Å²) in [5.41, 5.74) is 8.23. The summed E-state index contributed by atoms with van der Waals surface area (Å²) in [4.78, 5) is 4.96. The highest BCUT2D eigenvalue weighted by Gasteiger charge is 2.27. The standard InChI is InChI=1S/C20H21N.C2H6/c1-14-13-18(15-7-3-2-4-8-15)19-16-9-5-11-17(12-6-10-16)20(19)21-14;1-2/h2-4,7-9,13,17H,5-6,10-12H2,1H3;1-2H3. The molecule has 2 bridgehead atoms. The number of pyridine rings is 1. The summed E-state index contributed by atoms with van der Waals surface area (Å²) in [7, 11) is 0. The molecule has 0 radical (unpaired) electrons. The topological polar surface area (TPSA) is 12.9 Å². The zero-order valence-electron chi connectivity index (χ0n) is 14.6. The minimum Gasteiger partial charge on any atom is -0.257 e. The van der Waals surface area contributed by atoms with Crippen LogP contribution >= 0.6 is 0 Å². The second kappa shape index (κ2) is 7.12. The first-order chi connectivity index (χ1) is 11.3. The fraction of sp³-hybridized carbons (Fsp3) is 0.409. The molecule has 0 saturated carbocycles. The molecule has 1 unspecified atom stereocenters. The van der Waals surface area contributed by atoms with Gasteiger partial charge in [-0.25, -0.2) is 0 Å². The van der Waals surface area contributed by atoms with Crippen LogP contribution in [0.1, 0.15) is 68.8 Å². The van der Waals surface area contributed by atoms with E-state index in [4.69, 9.17) is 4.98 Å². The Morgan fingerprint density at radius 1 is 1.04 bits per heavy atom. The van der Waals surface area contributed by atoms with E-state index in [-0.39, 0.29) is 0 Å². The lowest BCUT2D eigenvalue weighted by Gasteiger charge is -2.18. The van der Waals surface area contributed by atoms with Crippen LogP contribution in [0.4, 0.5) is 0 Å². The Labute approximate surface area is 140 Å². The quantitative estimate of drug-likeness (QED) is 0.584. The minimum atomic E-state index is 0.651. The van der Waals surface area contributed by atoms with Crippen molar-refractivity contribution in [3.8, 4) is 11.1 Å². The molecule has 4 rings (SSSR count). The molecule has 0 spiro atoms. The Bertz CT molecular complexity index is 697. The summed E-state index contributed by atoms with van der Waals surface area (Å²) in [5.74, 6) is 0.651. The summed E-state index contributed by atoms with van der Waals surface area (Å²) in [6.07, 6.45) is 8.77. The van der Waals surface area contributed by atoms with Crippen LogP contribution in [0.2, 0.25) is 0 Å². The van der Waals surface area contributed by atoms with E-state index in [2.05, 4.69) is 49.4 Å². The zero-order valence-corrected chi connectivity index (χ0v) is 14.6. The molecule has 0 amide bonds. The van der Waals surface area contributed by atoms with Crippen molar-refractivity contribution < 1.29 is 0 Å². The van der Waals surface area contributed by atoms with Gasteiger partial charge in [-0.2, -0.15) is 0 Å². The number of benzene rings is 1. The highest BCUT2D eigenvalue weighted by molar-refractivity contribution is 5.83. The molecule has 0 saturated heterocycles. The van der Waals surface area contributed by atoms with E-state index in [0.717, 1.165) is 5.69 Å². The predicted molar refractivity (Wildman–Crippen MR) is 99.6 cm³/mol. The van der Waals surface area contributed by atoms with Crippen molar-refractivity contribution >= 4 is 5.57 Å². The highest BCUT2D eigenvalue weighted by Crippen LogP contribution is 2.45. The first-order valence-corrected chi connectivity index (χ1v) is 9.09. The molecule has 1 nitrogen and oxygen atoms in total. The summed E-state index contributed by atoms with van der Waals surface area (Å²) in [5, 5.41) is 0. The number of allylic oxidation sites excluding steroid dienone is 2. The van der Waals surface area contributed by atoms with Crippen molar-refractivity contribution in [1.29, 1.82) is 0 Å². The van der Waals surface area contributed by atoms with E-state index in [9.17, 15) is 0 Å². The Hall–Kier alpha value is -1.89. The van der Waals surface area contributed by atoms with Gasteiger partial charge in [0, 0.05) is 17.2 Å². The molecule has 1 heterocycles. The third kappa shape index (κ3) is 3.10. The van der Waals surface area contributed by atoms with E-state index in [1.165, 1.54) is 60.1 Å². The lowest BCUT2D eigenvalue weighted by atomic mass is 9.90. The van der Waals surface area contributed by atoms with Gasteiger partial charge in [0.1, 0.15) is 0 Å². The van der Waals surface area contributed by atoms with E-state index >= 15 is 0 Å². The maximum absolute atomic E-state index is 4.96. The predicted octanol–water partition coefficient (Wildman–Crippen LogP) is 6.53. The van der Waals surface area contributed by atoms with Crippen LogP contribution in [0.5, 0.6) is 0 Å². The summed E-state index contributed by atoms with van der Waals surface area (Å²) < 4.78 is 0. The molecule has 1 aromatic heterocycles. The number of aryl methyl sites for hydroxylation is 1. The SMILES string of the molecule is CC.Cc1cc(-c2ccccc2)c2c(n1)C1CCC=C2CCC1. The Morgan fingerprint density at radius 3 is 2.61 bits per heavy atom. The van der Waals surface area contributed by atoms with E-state index < -0.39 is 0 Å². The van der Waals surface area contributed by atoms with Gasteiger partial charge in [-0.15, -0.1) is 0 Å². The van der Waals surface area contributed by atoms with Crippen LogP contribution in [0.25, 0.3) is 16.7 Å². The van der Waals surface area contributed by atoms with Crippen LogP contribution in [0, 0.1) is 6.92 Å². The maximum Gasteiger partial charge on any atom is 0.0518 e. The second-order valence-electron chi connectivity index (χ2n) is 6.33. The molecular formula is C22H27N. The first kappa shape index (κ1) is 16.0. The Morgan fingerprint density at radius 2 is 1.83 bits per heavy atom. The zero-order chi connectivity index (χ0) is 16.2. The minimum absolute atomic E-state index is 0.651. The van der Waals surface area contributed by atoms with Gasteiger partial charge in [0.2, 0.25) is 0 Å². The van der Waals surface area contributed by atoms with E-state index in [0.29, 0.717) is 5.92 Å². The third-order valence-corrected chi connectivity index (χ3v) is 4.87. The van der Waals surface area contributed by atoms with Gasteiger partial charge in [0.05, 0.1) is 5.69 Å². The number of nitrogens with zero attached hydrogens (tertiary/aromatic N) is 1. The molecule has 2 aromatic rings. The summed E-state index contributed by atoms with van der Waals surface area (Å²) in [6, 6.07) is 13.1. The summed E-state index contributed by atoms with van der Waals surface area (Å²) in [6.45, 7) is 6.13. The van der Waals surface area contributed by atoms with Crippen LogP contribution in [-0.4, -0.2) is 4.98 Å². The lowest BCUT2D eigenvalue weighted by molar-refractivity contribution is 0.553. The normalized spacial score (nSPS) is 18.9. The Kier molecular flexibility index (Phi) is 4.95. The average Bonchev–Trinajstić information content (AvgIpc) is 2.85. The molecule has 2 aliphatic carbocycles. The van der Waals surface area contributed by atoms with Gasteiger partial charge in [-0.3, -0.25) is 4.98 Å². The molecule has 0 N–H and O–H groups in total. The Balaban J connectivity index is 0.000000753. The molecular weight excluding hydrogens is 278 g/mol. The van der Waals surface area contributed by atoms with Crippen LogP contribution in [0.15, 0.2) is 42.5 Å². The van der Waals surface area contributed by atoms with E-state index in [1.54, 1.807) is 0 Å². The third-order valence-electron chi connectivity index (χ3n) is 4.87. The van der Waals surface area contributed by atoms with E-state index in [1.807, 2.05) is 13.8 Å². The molecule has 120 valence electrons. The van der Waals surface area contributed by atoms with Crippen molar-refractivity contribution in [2.24, 2.45) is 0 Å². The maximum atomic E-state index is 4.96. The molecule has 0 fully saturated rings. The largest absolute Gasteiger partial charge is 0.257 e.